The predicted molar refractivity (Wildman–Crippen MR) is 106 cm³/mol. The molecule has 1 aromatic rings. The van der Waals surface area contributed by atoms with Crippen LogP contribution in [-0.2, 0) is 13.1 Å². The highest BCUT2D eigenvalue weighted by molar-refractivity contribution is 5.12. The number of hydrogen-bond acceptors (Lipinski definition) is 5. The van der Waals surface area contributed by atoms with E-state index in [-0.39, 0.29) is 0 Å². The standard InChI is InChI=1S/C21H35N5/c1-3-10-20-18(8-1)22-12-13-23-19-9-2-4-11-21(19)25-15-17-7-5-6-16(26-17)14-24-20/h5-7,18-25H,1-4,8-15H2/t18-,19?,20-,21?/m1/s1. The summed E-state index contributed by atoms with van der Waals surface area (Å²) >= 11 is 0. The molecule has 2 bridgehead atoms. The van der Waals surface area contributed by atoms with Crippen molar-refractivity contribution >= 4 is 0 Å². The molecule has 3 aliphatic rings. The van der Waals surface area contributed by atoms with Crippen molar-refractivity contribution in [2.45, 2.75) is 88.6 Å². The Morgan fingerprint density at radius 1 is 0.615 bits per heavy atom. The molecule has 5 nitrogen and oxygen atoms in total. The Kier molecular flexibility index (Phi) is 6.54. The molecular formula is C21H35N5. The van der Waals surface area contributed by atoms with Crippen molar-refractivity contribution in [2.24, 2.45) is 0 Å². The van der Waals surface area contributed by atoms with Crippen LogP contribution in [0, 0.1) is 0 Å². The molecule has 4 N–H and O–H groups in total. The summed E-state index contributed by atoms with van der Waals surface area (Å²) in [5, 5.41) is 15.2. The minimum Gasteiger partial charge on any atom is -0.311 e. The Balaban J connectivity index is 1.47. The lowest BCUT2D eigenvalue weighted by atomic mass is 9.89. The summed E-state index contributed by atoms with van der Waals surface area (Å²) in [5.74, 6) is 0. The molecule has 2 aliphatic carbocycles. The van der Waals surface area contributed by atoms with Crippen LogP contribution in [0.1, 0.15) is 62.8 Å². The van der Waals surface area contributed by atoms with Crippen LogP contribution in [0.3, 0.4) is 0 Å². The average Bonchev–Trinajstić information content (AvgIpc) is 2.69. The van der Waals surface area contributed by atoms with Crippen molar-refractivity contribution in [1.29, 1.82) is 0 Å². The molecule has 0 spiro atoms. The molecule has 2 saturated carbocycles. The summed E-state index contributed by atoms with van der Waals surface area (Å²) in [6.07, 6.45) is 10.5. The molecule has 26 heavy (non-hydrogen) atoms. The zero-order chi connectivity index (χ0) is 17.6. The van der Waals surface area contributed by atoms with Crippen LogP contribution in [0.5, 0.6) is 0 Å². The van der Waals surface area contributed by atoms with Crippen LogP contribution in [0.2, 0.25) is 0 Å². The number of pyridine rings is 1. The van der Waals surface area contributed by atoms with E-state index in [1.54, 1.807) is 0 Å². The Bertz CT molecular complexity index is 518. The predicted octanol–water partition coefficient (Wildman–Crippen LogP) is 2.08. The van der Waals surface area contributed by atoms with E-state index in [0.29, 0.717) is 24.2 Å². The van der Waals surface area contributed by atoms with Gasteiger partial charge < -0.3 is 21.3 Å². The zero-order valence-electron chi connectivity index (χ0n) is 16.0. The summed E-state index contributed by atoms with van der Waals surface area (Å²) in [6, 6.07) is 8.81. The van der Waals surface area contributed by atoms with Crippen LogP contribution in [-0.4, -0.2) is 42.2 Å². The van der Waals surface area contributed by atoms with Gasteiger partial charge in [-0.05, 0) is 37.8 Å². The van der Waals surface area contributed by atoms with Crippen LogP contribution < -0.4 is 21.3 Å². The van der Waals surface area contributed by atoms with E-state index in [9.17, 15) is 0 Å². The van der Waals surface area contributed by atoms with Crippen LogP contribution in [0.15, 0.2) is 18.2 Å². The van der Waals surface area contributed by atoms with Gasteiger partial charge in [-0.1, -0.05) is 31.7 Å². The zero-order valence-corrected chi connectivity index (χ0v) is 16.0. The second-order valence-corrected chi connectivity index (χ2v) is 8.29. The van der Waals surface area contributed by atoms with E-state index >= 15 is 0 Å². The molecule has 2 unspecified atom stereocenters. The molecule has 4 atom stereocenters. The van der Waals surface area contributed by atoms with E-state index in [1.165, 1.54) is 62.8 Å². The molecule has 0 radical (unpaired) electrons. The van der Waals surface area contributed by atoms with E-state index in [1.807, 2.05) is 0 Å². The van der Waals surface area contributed by atoms with Crippen molar-refractivity contribution < 1.29 is 0 Å². The number of rotatable bonds is 0. The molecule has 1 aliphatic heterocycles. The van der Waals surface area contributed by atoms with Crippen molar-refractivity contribution in [2.75, 3.05) is 13.1 Å². The van der Waals surface area contributed by atoms with Gasteiger partial charge in [-0.2, -0.15) is 0 Å². The molecule has 0 saturated heterocycles. The maximum atomic E-state index is 4.89. The highest BCUT2D eigenvalue weighted by Gasteiger charge is 2.26. The van der Waals surface area contributed by atoms with E-state index in [4.69, 9.17) is 4.98 Å². The SMILES string of the molecule is c1cc2nc(c1)CN[C@@H]1CCCC[C@H]1NCCNC1CCCCC1NC2. The van der Waals surface area contributed by atoms with Gasteiger partial charge in [0.1, 0.15) is 0 Å². The van der Waals surface area contributed by atoms with Gasteiger partial charge >= 0.3 is 0 Å². The summed E-state index contributed by atoms with van der Waals surface area (Å²) in [6.45, 7) is 3.89. The fraction of sp³-hybridized carbons (Fsp3) is 0.762. The smallest absolute Gasteiger partial charge is 0.0545 e. The lowest BCUT2D eigenvalue weighted by molar-refractivity contribution is 0.266. The van der Waals surface area contributed by atoms with Gasteiger partial charge in [-0.15, -0.1) is 0 Å². The molecule has 1 aromatic heterocycles. The minimum absolute atomic E-state index is 0.569. The van der Waals surface area contributed by atoms with Gasteiger partial charge in [0.05, 0.1) is 11.4 Å². The number of nitrogens with zero attached hydrogens (tertiary/aromatic N) is 1. The van der Waals surface area contributed by atoms with Gasteiger partial charge in [-0.25, -0.2) is 0 Å². The monoisotopic (exact) mass is 357 g/mol. The van der Waals surface area contributed by atoms with Gasteiger partial charge in [0.2, 0.25) is 0 Å². The first-order valence-electron chi connectivity index (χ1n) is 10.8. The Hall–Kier alpha value is -1.01. The fourth-order valence-electron chi connectivity index (χ4n) is 4.95. The quantitative estimate of drug-likeness (QED) is 0.573. The maximum Gasteiger partial charge on any atom is 0.0545 e. The highest BCUT2D eigenvalue weighted by atomic mass is 15.1. The molecule has 5 heteroatoms. The maximum absolute atomic E-state index is 4.89. The normalized spacial score (nSPS) is 34.0. The Morgan fingerprint density at radius 3 is 1.50 bits per heavy atom. The number of nitrogens with one attached hydrogen (secondary N) is 4. The first kappa shape index (κ1) is 18.4. The van der Waals surface area contributed by atoms with Crippen LogP contribution >= 0.6 is 0 Å². The summed E-state index contributed by atoms with van der Waals surface area (Å²) < 4.78 is 0. The summed E-state index contributed by atoms with van der Waals surface area (Å²) in [4.78, 5) is 4.89. The van der Waals surface area contributed by atoms with Crippen molar-refractivity contribution in [3.63, 3.8) is 0 Å². The van der Waals surface area contributed by atoms with Crippen molar-refractivity contribution in [1.82, 2.24) is 26.3 Å². The Labute approximate surface area is 158 Å². The van der Waals surface area contributed by atoms with Gasteiger partial charge in [0.15, 0.2) is 0 Å². The Morgan fingerprint density at radius 2 is 1.04 bits per heavy atom. The second-order valence-electron chi connectivity index (χ2n) is 8.29. The van der Waals surface area contributed by atoms with E-state index < -0.39 is 0 Å². The fourth-order valence-corrected chi connectivity index (χ4v) is 4.95. The largest absolute Gasteiger partial charge is 0.311 e. The first-order chi connectivity index (χ1) is 12.9. The van der Waals surface area contributed by atoms with Crippen LogP contribution in [0.25, 0.3) is 0 Å². The minimum atomic E-state index is 0.569. The number of hydrogen-bond donors (Lipinski definition) is 4. The second kappa shape index (κ2) is 9.27. The lowest BCUT2D eigenvalue weighted by Gasteiger charge is -2.34. The first-order valence-corrected chi connectivity index (χ1v) is 10.8. The van der Waals surface area contributed by atoms with Gasteiger partial charge in [0, 0.05) is 50.3 Å². The summed E-state index contributed by atoms with van der Waals surface area (Å²) in [5.41, 5.74) is 2.34. The highest BCUT2D eigenvalue weighted by Crippen LogP contribution is 2.20. The van der Waals surface area contributed by atoms with Crippen LogP contribution in [0.4, 0.5) is 0 Å². The van der Waals surface area contributed by atoms with Gasteiger partial charge in [-0.3, -0.25) is 4.98 Å². The average molecular weight is 358 g/mol. The van der Waals surface area contributed by atoms with E-state index in [0.717, 1.165) is 26.2 Å². The molecule has 2 heterocycles. The molecule has 0 amide bonds. The third-order valence-electron chi connectivity index (χ3n) is 6.43. The molecular weight excluding hydrogens is 322 g/mol. The third kappa shape index (κ3) is 4.83. The molecule has 2 fully saturated rings. The summed E-state index contributed by atoms with van der Waals surface area (Å²) in [7, 11) is 0. The van der Waals surface area contributed by atoms with Crippen molar-refractivity contribution in [3.8, 4) is 0 Å². The molecule has 0 aromatic carbocycles. The molecule has 4 rings (SSSR count). The van der Waals surface area contributed by atoms with E-state index in [2.05, 4.69) is 39.5 Å². The number of fused-ring (bicyclic) bond motifs is 4. The van der Waals surface area contributed by atoms with Crippen molar-refractivity contribution in [3.05, 3.63) is 29.6 Å². The number of aromatic nitrogens is 1. The topological polar surface area (TPSA) is 61.0 Å². The molecule has 144 valence electrons. The lowest BCUT2D eigenvalue weighted by Crippen LogP contribution is -2.53. The third-order valence-corrected chi connectivity index (χ3v) is 6.43. The van der Waals surface area contributed by atoms with Gasteiger partial charge in [0.25, 0.3) is 0 Å².